The van der Waals surface area contributed by atoms with E-state index in [2.05, 4.69) is 6.26 Å². The van der Waals surface area contributed by atoms with Crippen LogP contribution in [0, 0.1) is 0 Å². The average Bonchev–Trinajstić information content (AvgIpc) is 2.42. The molecule has 6 nitrogen and oxygen atoms in total. The first-order valence-corrected chi connectivity index (χ1v) is 7.92. The van der Waals surface area contributed by atoms with Gasteiger partial charge in [-0.2, -0.15) is 11.8 Å². The van der Waals surface area contributed by atoms with Crippen LogP contribution in [0.4, 0.5) is 0 Å². The SMILES string of the molecule is CSCCCCCO[C@@H]1OC(CO)[C@@H](O)[C@H](O)C1O. The monoisotopic (exact) mass is 296 g/mol. The largest absolute Gasteiger partial charge is 0.394 e. The first kappa shape index (κ1) is 17.2. The normalized spacial score (nSPS) is 35.5. The van der Waals surface area contributed by atoms with Crippen molar-refractivity contribution in [1.29, 1.82) is 0 Å². The number of thioether (sulfide) groups is 1. The Morgan fingerprint density at radius 3 is 2.42 bits per heavy atom. The van der Waals surface area contributed by atoms with Crippen LogP contribution in [0.2, 0.25) is 0 Å². The van der Waals surface area contributed by atoms with E-state index in [1.807, 2.05) is 0 Å². The quantitative estimate of drug-likeness (QED) is 0.441. The van der Waals surface area contributed by atoms with Gasteiger partial charge in [-0.25, -0.2) is 0 Å². The third kappa shape index (κ3) is 5.18. The third-order valence-corrected chi connectivity index (χ3v) is 3.82. The van der Waals surface area contributed by atoms with Gasteiger partial charge in [-0.3, -0.25) is 0 Å². The van der Waals surface area contributed by atoms with E-state index in [9.17, 15) is 15.3 Å². The van der Waals surface area contributed by atoms with Crippen molar-refractivity contribution < 1.29 is 29.9 Å². The van der Waals surface area contributed by atoms with Crippen molar-refractivity contribution in [2.24, 2.45) is 0 Å². The van der Waals surface area contributed by atoms with Gasteiger partial charge in [-0.15, -0.1) is 0 Å². The summed E-state index contributed by atoms with van der Waals surface area (Å²) >= 11 is 1.80. The molecule has 0 saturated carbocycles. The van der Waals surface area contributed by atoms with Crippen LogP contribution in [0.5, 0.6) is 0 Å². The minimum atomic E-state index is -1.37. The first-order valence-electron chi connectivity index (χ1n) is 6.53. The molecule has 0 amide bonds. The lowest BCUT2D eigenvalue weighted by Crippen LogP contribution is -2.59. The number of hydrogen-bond acceptors (Lipinski definition) is 7. The molecule has 0 aliphatic carbocycles. The van der Waals surface area contributed by atoms with E-state index in [4.69, 9.17) is 14.6 Å². The van der Waals surface area contributed by atoms with Gasteiger partial charge in [0.25, 0.3) is 0 Å². The van der Waals surface area contributed by atoms with Crippen LogP contribution in [0.25, 0.3) is 0 Å². The van der Waals surface area contributed by atoms with E-state index in [0.29, 0.717) is 6.61 Å². The van der Waals surface area contributed by atoms with Gasteiger partial charge in [-0.1, -0.05) is 6.42 Å². The smallest absolute Gasteiger partial charge is 0.186 e. The van der Waals surface area contributed by atoms with E-state index < -0.39 is 37.3 Å². The molecule has 7 heteroatoms. The van der Waals surface area contributed by atoms with Gasteiger partial charge in [0.05, 0.1) is 6.61 Å². The van der Waals surface area contributed by atoms with Gasteiger partial charge in [0.15, 0.2) is 6.29 Å². The Morgan fingerprint density at radius 1 is 1.05 bits per heavy atom. The van der Waals surface area contributed by atoms with E-state index in [-0.39, 0.29) is 0 Å². The number of aliphatic hydroxyl groups excluding tert-OH is 4. The molecule has 114 valence electrons. The van der Waals surface area contributed by atoms with Crippen LogP contribution in [0.3, 0.4) is 0 Å². The molecule has 5 atom stereocenters. The minimum Gasteiger partial charge on any atom is -0.394 e. The molecule has 19 heavy (non-hydrogen) atoms. The fourth-order valence-corrected chi connectivity index (χ4v) is 2.42. The molecule has 0 aromatic carbocycles. The van der Waals surface area contributed by atoms with Crippen molar-refractivity contribution in [2.75, 3.05) is 25.2 Å². The average molecular weight is 296 g/mol. The standard InChI is InChI=1S/C12H24O6S/c1-19-6-4-2-3-5-17-12-11(16)10(15)9(14)8(7-13)18-12/h8-16H,2-7H2,1H3/t8?,9-,10+,11?,12-/m1/s1. The Balaban J connectivity index is 2.28. The number of aliphatic hydroxyl groups is 4. The number of rotatable bonds is 8. The highest BCUT2D eigenvalue weighted by molar-refractivity contribution is 7.98. The van der Waals surface area contributed by atoms with Crippen LogP contribution in [-0.2, 0) is 9.47 Å². The maximum absolute atomic E-state index is 9.72. The molecular weight excluding hydrogens is 272 g/mol. The summed E-state index contributed by atoms with van der Waals surface area (Å²) in [7, 11) is 0. The summed E-state index contributed by atoms with van der Waals surface area (Å²) in [5.41, 5.74) is 0. The molecule has 0 radical (unpaired) electrons. The van der Waals surface area contributed by atoms with Crippen LogP contribution < -0.4 is 0 Å². The molecule has 2 unspecified atom stereocenters. The zero-order chi connectivity index (χ0) is 14.3. The second-order valence-electron chi connectivity index (χ2n) is 4.62. The molecule has 1 rings (SSSR count). The van der Waals surface area contributed by atoms with Gasteiger partial charge >= 0.3 is 0 Å². The van der Waals surface area contributed by atoms with Crippen molar-refractivity contribution in [3.8, 4) is 0 Å². The van der Waals surface area contributed by atoms with Crippen molar-refractivity contribution in [3.63, 3.8) is 0 Å². The predicted octanol–water partition coefficient (Wildman–Crippen LogP) is -0.664. The van der Waals surface area contributed by atoms with Crippen LogP contribution in [0.15, 0.2) is 0 Å². The number of hydrogen-bond donors (Lipinski definition) is 4. The molecule has 1 aliphatic rings. The maximum Gasteiger partial charge on any atom is 0.186 e. The zero-order valence-electron chi connectivity index (χ0n) is 11.1. The molecule has 1 aliphatic heterocycles. The third-order valence-electron chi connectivity index (χ3n) is 3.12. The second-order valence-corrected chi connectivity index (χ2v) is 5.61. The summed E-state index contributed by atoms with van der Waals surface area (Å²) in [6, 6.07) is 0. The van der Waals surface area contributed by atoms with E-state index in [1.54, 1.807) is 11.8 Å². The molecule has 0 aromatic heterocycles. The second kappa shape index (κ2) is 9.12. The Bertz CT molecular complexity index is 240. The lowest BCUT2D eigenvalue weighted by Gasteiger charge is -2.39. The van der Waals surface area contributed by atoms with Crippen molar-refractivity contribution in [2.45, 2.75) is 50.0 Å². The minimum absolute atomic E-state index is 0.414. The fourth-order valence-electron chi connectivity index (χ4n) is 1.93. The summed E-state index contributed by atoms with van der Waals surface area (Å²) in [5.74, 6) is 1.11. The van der Waals surface area contributed by atoms with Gasteiger partial charge in [0.1, 0.15) is 24.4 Å². The molecule has 1 heterocycles. The molecule has 1 saturated heterocycles. The lowest BCUT2D eigenvalue weighted by molar-refractivity contribution is -0.301. The summed E-state index contributed by atoms with van der Waals surface area (Å²) in [5, 5.41) is 37.9. The number of ether oxygens (including phenoxy) is 2. The van der Waals surface area contributed by atoms with Gasteiger partial charge in [0.2, 0.25) is 0 Å². The zero-order valence-corrected chi connectivity index (χ0v) is 12.0. The lowest BCUT2D eigenvalue weighted by atomic mass is 9.99. The molecule has 4 N–H and O–H groups in total. The highest BCUT2D eigenvalue weighted by Gasteiger charge is 2.43. The first-order chi connectivity index (χ1) is 9.11. The van der Waals surface area contributed by atoms with Gasteiger partial charge < -0.3 is 29.9 Å². The van der Waals surface area contributed by atoms with Crippen LogP contribution in [0.1, 0.15) is 19.3 Å². The Morgan fingerprint density at radius 2 is 1.79 bits per heavy atom. The van der Waals surface area contributed by atoms with Crippen molar-refractivity contribution >= 4 is 11.8 Å². The van der Waals surface area contributed by atoms with Crippen molar-refractivity contribution in [3.05, 3.63) is 0 Å². The van der Waals surface area contributed by atoms with E-state index in [1.165, 1.54) is 0 Å². The van der Waals surface area contributed by atoms with E-state index >= 15 is 0 Å². The number of unbranched alkanes of at least 4 members (excludes halogenated alkanes) is 2. The summed E-state index contributed by atoms with van der Waals surface area (Å²) in [6.45, 7) is -0.0183. The topological polar surface area (TPSA) is 99.4 Å². The molecule has 0 bridgehead atoms. The molecule has 0 aromatic rings. The highest BCUT2D eigenvalue weighted by Crippen LogP contribution is 2.22. The van der Waals surface area contributed by atoms with Gasteiger partial charge in [-0.05, 0) is 24.9 Å². The van der Waals surface area contributed by atoms with Crippen molar-refractivity contribution in [1.82, 2.24) is 0 Å². The Labute approximate surface area is 117 Å². The Hall–Kier alpha value is 0.110. The van der Waals surface area contributed by atoms with Gasteiger partial charge in [0, 0.05) is 6.61 Å². The van der Waals surface area contributed by atoms with E-state index in [0.717, 1.165) is 25.0 Å². The summed E-state index contributed by atoms with van der Waals surface area (Å²) in [6.07, 6.45) is -0.869. The summed E-state index contributed by atoms with van der Waals surface area (Å²) < 4.78 is 10.6. The predicted molar refractivity (Wildman–Crippen MR) is 72.0 cm³/mol. The molecule has 1 fully saturated rings. The summed E-state index contributed by atoms with van der Waals surface area (Å²) in [4.78, 5) is 0. The highest BCUT2D eigenvalue weighted by atomic mass is 32.2. The molecule has 0 spiro atoms. The molecular formula is C12H24O6S. The van der Waals surface area contributed by atoms with Crippen LogP contribution in [-0.4, -0.2) is 76.4 Å². The van der Waals surface area contributed by atoms with Crippen LogP contribution >= 0.6 is 11.8 Å². The Kier molecular flexibility index (Phi) is 8.24. The fraction of sp³-hybridized carbons (Fsp3) is 1.00. The maximum atomic E-state index is 9.72.